The lowest BCUT2D eigenvalue weighted by Crippen LogP contribution is -2.15. The van der Waals surface area contributed by atoms with Gasteiger partial charge in [0.15, 0.2) is 0 Å². The van der Waals surface area contributed by atoms with E-state index in [4.69, 9.17) is 9.15 Å². The van der Waals surface area contributed by atoms with E-state index < -0.39 is 16.0 Å². The number of hydrogen-bond donors (Lipinski definition) is 0. The molecule has 0 fully saturated rings. The predicted molar refractivity (Wildman–Crippen MR) is 95.8 cm³/mol. The van der Waals surface area contributed by atoms with Crippen LogP contribution in [0.2, 0.25) is 0 Å². The number of aromatic nitrogens is 2. The number of carbonyl (C=O) groups is 1. The molecule has 0 aliphatic rings. The van der Waals surface area contributed by atoms with E-state index in [-0.39, 0.29) is 17.3 Å². The van der Waals surface area contributed by atoms with Crippen molar-refractivity contribution in [3.8, 4) is 0 Å². The molecule has 1 aromatic carbocycles. The van der Waals surface area contributed by atoms with Crippen LogP contribution in [0, 0.1) is 13.8 Å². The molecule has 0 radical (unpaired) electrons. The summed E-state index contributed by atoms with van der Waals surface area (Å²) in [5.74, 6) is -0.00745. The molecule has 0 unspecified atom stereocenters. The Hall–Kier alpha value is -2.61. The van der Waals surface area contributed by atoms with Crippen molar-refractivity contribution >= 4 is 27.0 Å². The maximum absolute atomic E-state index is 13.0. The van der Waals surface area contributed by atoms with E-state index in [0.717, 1.165) is 0 Å². The summed E-state index contributed by atoms with van der Waals surface area (Å²) < 4.78 is 37.8. The number of rotatable bonds is 5. The number of carbonyl (C=O) groups excluding carboxylic acids is 1. The largest absolute Gasteiger partial charge is 0.460 e. The van der Waals surface area contributed by atoms with Gasteiger partial charge in [0.05, 0.1) is 17.2 Å². The second-order valence-corrected chi connectivity index (χ2v) is 7.70. The molecule has 0 saturated heterocycles. The molecular formula is C18H20N2O5S. The summed E-state index contributed by atoms with van der Waals surface area (Å²) in [4.78, 5) is 16.3. The molecule has 0 atom stereocenters. The fourth-order valence-corrected chi connectivity index (χ4v) is 4.31. The maximum atomic E-state index is 13.0. The third-order valence-corrected chi connectivity index (χ3v) is 5.79. The second kappa shape index (κ2) is 6.60. The molecule has 0 spiro atoms. The molecule has 0 amide bonds. The summed E-state index contributed by atoms with van der Waals surface area (Å²) in [5, 5.41) is 0.559. The Bertz CT molecular complexity index is 1090. The first-order valence-corrected chi connectivity index (χ1v) is 9.74. The van der Waals surface area contributed by atoms with Gasteiger partial charge in [-0.25, -0.2) is 22.2 Å². The van der Waals surface area contributed by atoms with Crippen LogP contribution in [0.15, 0.2) is 33.7 Å². The summed E-state index contributed by atoms with van der Waals surface area (Å²) in [6, 6.07) is 4.53. The van der Waals surface area contributed by atoms with Crippen molar-refractivity contribution < 1.29 is 22.4 Å². The SMILES string of the molecule is CCOC(=O)c1oc2ccc(S(=O)(=O)n3cc(C)nc3CC)cc2c1C. The van der Waals surface area contributed by atoms with E-state index in [2.05, 4.69) is 4.98 Å². The van der Waals surface area contributed by atoms with Gasteiger partial charge in [-0.1, -0.05) is 6.92 Å². The van der Waals surface area contributed by atoms with Crippen LogP contribution in [-0.4, -0.2) is 30.0 Å². The number of ether oxygens (including phenoxy) is 1. The Balaban J connectivity index is 2.14. The topological polar surface area (TPSA) is 91.4 Å². The lowest BCUT2D eigenvalue weighted by molar-refractivity contribution is 0.0491. The zero-order chi connectivity index (χ0) is 19.1. The van der Waals surface area contributed by atoms with Gasteiger partial charge in [0.2, 0.25) is 5.76 Å². The molecule has 2 heterocycles. The van der Waals surface area contributed by atoms with Crippen molar-refractivity contribution in [2.45, 2.75) is 39.0 Å². The van der Waals surface area contributed by atoms with Gasteiger partial charge in [-0.15, -0.1) is 0 Å². The number of aryl methyl sites for hydroxylation is 3. The monoisotopic (exact) mass is 376 g/mol. The van der Waals surface area contributed by atoms with E-state index in [9.17, 15) is 13.2 Å². The van der Waals surface area contributed by atoms with Crippen molar-refractivity contribution in [1.29, 1.82) is 0 Å². The normalized spacial score (nSPS) is 11.8. The molecule has 3 rings (SSSR count). The first-order chi connectivity index (χ1) is 12.3. The van der Waals surface area contributed by atoms with E-state index in [1.807, 2.05) is 6.92 Å². The molecule has 0 bridgehead atoms. The minimum atomic E-state index is -3.79. The highest BCUT2D eigenvalue weighted by Gasteiger charge is 2.24. The van der Waals surface area contributed by atoms with Crippen molar-refractivity contribution in [2.24, 2.45) is 0 Å². The summed E-state index contributed by atoms with van der Waals surface area (Å²) in [5.41, 5.74) is 1.62. The highest BCUT2D eigenvalue weighted by molar-refractivity contribution is 7.90. The van der Waals surface area contributed by atoms with Crippen molar-refractivity contribution in [3.05, 3.63) is 47.2 Å². The third kappa shape index (κ3) is 2.90. The van der Waals surface area contributed by atoms with Gasteiger partial charge in [-0.3, -0.25) is 0 Å². The van der Waals surface area contributed by atoms with Gasteiger partial charge >= 0.3 is 5.97 Å². The van der Waals surface area contributed by atoms with Gasteiger partial charge in [-0.2, -0.15) is 0 Å². The first-order valence-electron chi connectivity index (χ1n) is 8.30. The number of furan rings is 1. The Morgan fingerprint density at radius 1 is 1.27 bits per heavy atom. The van der Waals surface area contributed by atoms with Gasteiger partial charge in [0, 0.05) is 23.6 Å². The van der Waals surface area contributed by atoms with Crippen molar-refractivity contribution in [1.82, 2.24) is 8.96 Å². The van der Waals surface area contributed by atoms with Crippen LogP contribution in [0.5, 0.6) is 0 Å². The molecule has 0 saturated carbocycles. The van der Waals surface area contributed by atoms with E-state index in [0.29, 0.717) is 34.5 Å². The predicted octanol–water partition coefficient (Wildman–Crippen LogP) is 3.22. The zero-order valence-corrected chi connectivity index (χ0v) is 15.9. The minimum absolute atomic E-state index is 0.0871. The number of benzene rings is 1. The number of imidazole rings is 1. The quantitative estimate of drug-likeness (QED) is 0.635. The molecule has 8 heteroatoms. The smallest absolute Gasteiger partial charge is 0.374 e. The molecule has 138 valence electrons. The highest BCUT2D eigenvalue weighted by Crippen LogP contribution is 2.29. The zero-order valence-electron chi connectivity index (χ0n) is 15.1. The van der Waals surface area contributed by atoms with Crippen LogP contribution in [0.4, 0.5) is 0 Å². The summed E-state index contributed by atoms with van der Waals surface area (Å²) >= 11 is 0. The molecular weight excluding hydrogens is 356 g/mol. The van der Waals surface area contributed by atoms with E-state index in [1.165, 1.54) is 22.3 Å². The Morgan fingerprint density at radius 3 is 2.65 bits per heavy atom. The summed E-state index contributed by atoms with van der Waals surface area (Å²) in [6.45, 7) is 7.24. The van der Waals surface area contributed by atoms with Crippen LogP contribution < -0.4 is 0 Å². The lowest BCUT2D eigenvalue weighted by atomic mass is 10.1. The van der Waals surface area contributed by atoms with Crippen LogP contribution in [0.3, 0.4) is 0 Å². The number of fused-ring (bicyclic) bond motifs is 1. The van der Waals surface area contributed by atoms with Crippen LogP contribution in [0.25, 0.3) is 11.0 Å². The molecule has 0 aliphatic heterocycles. The summed E-state index contributed by atoms with van der Waals surface area (Å²) in [6.07, 6.45) is 2.00. The Morgan fingerprint density at radius 2 is 2.00 bits per heavy atom. The number of hydrogen-bond acceptors (Lipinski definition) is 6. The molecule has 0 N–H and O–H groups in total. The maximum Gasteiger partial charge on any atom is 0.374 e. The van der Waals surface area contributed by atoms with Gasteiger partial charge in [0.25, 0.3) is 10.0 Å². The Kier molecular flexibility index (Phi) is 4.62. The van der Waals surface area contributed by atoms with Crippen LogP contribution >= 0.6 is 0 Å². The molecule has 0 aliphatic carbocycles. The van der Waals surface area contributed by atoms with Gasteiger partial charge in [0.1, 0.15) is 11.4 Å². The second-order valence-electron chi connectivity index (χ2n) is 5.89. The highest BCUT2D eigenvalue weighted by atomic mass is 32.2. The first kappa shape index (κ1) is 18.2. The Labute approximate surface area is 151 Å². The summed E-state index contributed by atoms with van der Waals surface area (Å²) in [7, 11) is -3.79. The fourth-order valence-electron chi connectivity index (χ4n) is 2.83. The van der Waals surface area contributed by atoms with E-state index in [1.54, 1.807) is 26.8 Å². The number of esters is 1. The van der Waals surface area contributed by atoms with Crippen molar-refractivity contribution in [2.75, 3.05) is 6.61 Å². The third-order valence-electron chi connectivity index (χ3n) is 4.11. The minimum Gasteiger partial charge on any atom is -0.460 e. The van der Waals surface area contributed by atoms with Crippen molar-refractivity contribution in [3.63, 3.8) is 0 Å². The molecule has 26 heavy (non-hydrogen) atoms. The fraction of sp³-hybridized carbons (Fsp3) is 0.333. The number of nitrogens with zero attached hydrogens (tertiary/aromatic N) is 2. The molecule has 7 nitrogen and oxygen atoms in total. The molecule has 3 aromatic rings. The van der Waals surface area contributed by atoms with E-state index >= 15 is 0 Å². The van der Waals surface area contributed by atoms with Crippen LogP contribution in [0.1, 0.15) is 41.5 Å². The molecule has 2 aromatic heterocycles. The van der Waals surface area contributed by atoms with Gasteiger partial charge < -0.3 is 9.15 Å². The average molecular weight is 376 g/mol. The van der Waals surface area contributed by atoms with Gasteiger partial charge in [-0.05, 0) is 39.0 Å². The van der Waals surface area contributed by atoms with Crippen LogP contribution in [-0.2, 0) is 21.2 Å². The standard InChI is InChI=1S/C18H20N2O5S/c1-5-16-19-11(3)10-20(16)26(22,23)13-7-8-15-14(9-13)12(4)17(25-15)18(21)24-6-2/h7-10H,5-6H2,1-4H3. The average Bonchev–Trinajstić information content (AvgIpc) is 3.15. The lowest BCUT2D eigenvalue weighted by Gasteiger charge is -2.08.